The quantitative estimate of drug-likeness (QED) is 0.880. The van der Waals surface area contributed by atoms with Gasteiger partial charge in [-0.2, -0.15) is 8.78 Å². The van der Waals surface area contributed by atoms with Gasteiger partial charge in [0.15, 0.2) is 0 Å². The Morgan fingerprint density at radius 3 is 2.29 bits per heavy atom. The van der Waals surface area contributed by atoms with E-state index in [2.05, 4.69) is 14.4 Å². The van der Waals surface area contributed by atoms with Crippen LogP contribution < -0.4 is 15.0 Å². The lowest BCUT2D eigenvalue weighted by Gasteiger charge is -2.09. The molecule has 2 N–H and O–H groups in total. The van der Waals surface area contributed by atoms with Crippen LogP contribution in [0.1, 0.15) is 0 Å². The van der Waals surface area contributed by atoms with Crippen molar-refractivity contribution in [1.82, 2.24) is 4.98 Å². The Kier molecular flexibility index (Phi) is 4.22. The molecule has 0 aliphatic heterocycles. The molecule has 0 aliphatic rings. The molecule has 0 atom stereocenters. The fourth-order valence-corrected chi connectivity index (χ4v) is 2.51. The Hall–Kier alpha value is -2.42. The van der Waals surface area contributed by atoms with Crippen LogP contribution in [0.15, 0.2) is 52.3 Å². The van der Waals surface area contributed by atoms with E-state index >= 15 is 0 Å². The Morgan fingerprint density at radius 1 is 1.10 bits per heavy atom. The molecule has 0 unspecified atom stereocenters. The summed E-state index contributed by atoms with van der Waals surface area (Å²) in [6, 6.07) is 7.19. The van der Waals surface area contributed by atoms with Crippen molar-refractivity contribution in [3.05, 3.63) is 52.9 Å². The molecular formula is C12H10F2N2O4S. The predicted octanol–water partition coefficient (Wildman–Crippen LogP) is 1.78. The van der Waals surface area contributed by atoms with Gasteiger partial charge in [-0.05, 0) is 30.3 Å². The van der Waals surface area contributed by atoms with Crippen LogP contribution in [-0.4, -0.2) is 20.0 Å². The Labute approximate surface area is 118 Å². The molecule has 112 valence electrons. The van der Waals surface area contributed by atoms with Gasteiger partial charge < -0.3 is 9.72 Å². The van der Waals surface area contributed by atoms with E-state index in [1.165, 1.54) is 24.3 Å². The number of sulfonamides is 1. The largest absolute Gasteiger partial charge is 0.435 e. The molecule has 0 bridgehead atoms. The van der Waals surface area contributed by atoms with Gasteiger partial charge in [-0.1, -0.05) is 0 Å². The molecule has 6 nitrogen and oxygen atoms in total. The number of pyridine rings is 1. The number of hydrogen-bond donors (Lipinski definition) is 2. The maximum Gasteiger partial charge on any atom is 0.387 e. The van der Waals surface area contributed by atoms with E-state index < -0.39 is 22.2 Å². The van der Waals surface area contributed by atoms with E-state index in [4.69, 9.17) is 0 Å². The van der Waals surface area contributed by atoms with Crippen molar-refractivity contribution in [2.24, 2.45) is 0 Å². The first-order chi connectivity index (χ1) is 9.87. The van der Waals surface area contributed by atoms with Crippen LogP contribution in [-0.2, 0) is 10.0 Å². The first-order valence-corrected chi connectivity index (χ1v) is 7.11. The molecule has 21 heavy (non-hydrogen) atoms. The Bertz CT molecular complexity index is 752. The van der Waals surface area contributed by atoms with Crippen molar-refractivity contribution in [2.75, 3.05) is 4.72 Å². The first kappa shape index (κ1) is 15.0. The molecule has 0 radical (unpaired) electrons. The molecule has 0 saturated carbocycles. The molecule has 1 heterocycles. The van der Waals surface area contributed by atoms with Gasteiger partial charge in [0, 0.05) is 18.0 Å². The van der Waals surface area contributed by atoms with Crippen molar-refractivity contribution in [3.8, 4) is 5.75 Å². The third-order valence-corrected chi connectivity index (χ3v) is 3.78. The standard InChI is InChI=1S/C12H10F2N2O4S/c13-12(14)20-9-3-1-8(2-4-9)16-21(18,19)10-5-6-11(17)15-7-10/h1-7,12,16H,(H,15,17). The van der Waals surface area contributed by atoms with Crippen LogP contribution in [0.4, 0.5) is 14.5 Å². The number of nitrogens with one attached hydrogen (secondary N) is 2. The molecule has 1 aromatic heterocycles. The summed E-state index contributed by atoms with van der Waals surface area (Å²) in [6.45, 7) is -2.95. The highest BCUT2D eigenvalue weighted by molar-refractivity contribution is 7.92. The van der Waals surface area contributed by atoms with Crippen LogP contribution in [0.25, 0.3) is 0 Å². The molecule has 0 saturated heterocycles. The van der Waals surface area contributed by atoms with Crippen LogP contribution in [0.2, 0.25) is 0 Å². The maximum atomic E-state index is 12.0. The predicted molar refractivity (Wildman–Crippen MR) is 70.9 cm³/mol. The molecule has 0 fully saturated rings. The molecule has 9 heteroatoms. The number of ether oxygens (including phenoxy) is 1. The lowest BCUT2D eigenvalue weighted by atomic mass is 10.3. The molecular weight excluding hydrogens is 306 g/mol. The summed E-state index contributed by atoms with van der Waals surface area (Å²) in [4.78, 5) is 13.0. The molecule has 0 amide bonds. The first-order valence-electron chi connectivity index (χ1n) is 5.63. The average Bonchev–Trinajstić information content (AvgIpc) is 2.40. The highest BCUT2D eigenvalue weighted by atomic mass is 32.2. The lowest BCUT2D eigenvalue weighted by Crippen LogP contribution is -2.15. The molecule has 0 spiro atoms. The molecule has 2 aromatic rings. The van der Waals surface area contributed by atoms with Gasteiger partial charge in [0.1, 0.15) is 10.6 Å². The average molecular weight is 316 g/mol. The van der Waals surface area contributed by atoms with Crippen LogP contribution in [0.3, 0.4) is 0 Å². The van der Waals surface area contributed by atoms with Crippen molar-refractivity contribution in [1.29, 1.82) is 0 Å². The normalized spacial score (nSPS) is 11.4. The number of aromatic nitrogens is 1. The number of aromatic amines is 1. The van der Waals surface area contributed by atoms with Gasteiger partial charge in [-0.25, -0.2) is 8.42 Å². The summed E-state index contributed by atoms with van der Waals surface area (Å²) in [6.07, 6.45) is 1.05. The van der Waals surface area contributed by atoms with E-state index in [0.717, 1.165) is 18.3 Å². The number of anilines is 1. The van der Waals surface area contributed by atoms with E-state index in [0.29, 0.717) is 0 Å². The van der Waals surface area contributed by atoms with Gasteiger partial charge in [-0.15, -0.1) is 0 Å². The number of halogens is 2. The van der Waals surface area contributed by atoms with Crippen molar-refractivity contribution in [3.63, 3.8) is 0 Å². The van der Waals surface area contributed by atoms with Crippen LogP contribution >= 0.6 is 0 Å². The van der Waals surface area contributed by atoms with Gasteiger partial charge in [0.25, 0.3) is 10.0 Å². The topological polar surface area (TPSA) is 88.3 Å². The Balaban J connectivity index is 2.17. The van der Waals surface area contributed by atoms with Gasteiger partial charge in [0.2, 0.25) is 5.56 Å². The number of alkyl halides is 2. The summed E-state index contributed by atoms with van der Waals surface area (Å²) >= 11 is 0. The lowest BCUT2D eigenvalue weighted by molar-refractivity contribution is -0.0498. The maximum absolute atomic E-state index is 12.0. The number of H-pyrrole nitrogens is 1. The Morgan fingerprint density at radius 2 is 1.76 bits per heavy atom. The SMILES string of the molecule is O=c1ccc(S(=O)(=O)Nc2ccc(OC(F)F)cc2)c[nH]1. The second-order valence-electron chi connectivity index (χ2n) is 3.90. The summed E-state index contributed by atoms with van der Waals surface area (Å²) in [7, 11) is -3.88. The number of hydrogen-bond acceptors (Lipinski definition) is 4. The number of rotatable bonds is 5. The minimum atomic E-state index is -3.88. The summed E-state index contributed by atoms with van der Waals surface area (Å²) in [5, 5.41) is 0. The van der Waals surface area contributed by atoms with E-state index in [-0.39, 0.29) is 16.3 Å². The van der Waals surface area contributed by atoms with Crippen LogP contribution in [0, 0.1) is 0 Å². The second kappa shape index (κ2) is 5.92. The van der Waals surface area contributed by atoms with Crippen molar-refractivity contribution in [2.45, 2.75) is 11.5 Å². The number of benzene rings is 1. The summed E-state index contributed by atoms with van der Waals surface area (Å²) in [5.74, 6) is -0.0861. The molecule has 1 aromatic carbocycles. The van der Waals surface area contributed by atoms with Gasteiger partial charge >= 0.3 is 6.61 Å². The molecule has 2 rings (SSSR count). The fraction of sp³-hybridized carbons (Fsp3) is 0.0833. The zero-order valence-electron chi connectivity index (χ0n) is 10.4. The summed E-state index contributed by atoms with van der Waals surface area (Å²) in [5.41, 5.74) is -0.259. The van der Waals surface area contributed by atoms with Gasteiger partial charge in [-0.3, -0.25) is 9.52 Å². The zero-order valence-corrected chi connectivity index (χ0v) is 11.2. The minimum absolute atomic E-state index is 0.0861. The minimum Gasteiger partial charge on any atom is -0.435 e. The third-order valence-electron chi connectivity index (χ3n) is 2.40. The van der Waals surface area contributed by atoms with Crippen molar-refractivity contribution < 1.29 is 21.9 Å². The van der Waals surface area contributed by atoms with Crippen molar-refractivity contribution >= 4 is 15.7 Å². The second-order valence-corrected chi connectivity index (χ2v) is 5.58. The van der Waals surface area contributed by atoms with E-state index in [1.807, 2.05) is 0 Å². The van der Waals surface area contributed by atoms with Crippen LogP contribution in [0.5, 0.6) is 5.75 Å². The van der Waals surface area contributed by atoms with E-state index in [9.17, 15) is 22.0 Å². The van der Waals surface area contributed by atoms with E-state index in [1.54, 1.807) is 0 Å². The monoisotopic (exact) mass is 316 g/mol. The van der Waals surface area contributed by atoms with Gasteiger partial charge in [0.05, 0.1) is 0 Å². The molecule has 0 aliphatic carbocycles. The smallest absolute Gasteiger partial charge is 0.387 e. The fourth-order valence-electron chi connectivity index (χ4n) is 1.48. The zero-order chi connectivity index (χ0) is 15.5. The third kappa shape index (κ3) is 4.02. The highest BCUT2D eigenvalue weighted by Crippen LogP contribution is 2.20. The summed E-state index contributed by atoms with van der Waals surface area (Å²) < 4.78 is 54.3. The highest BCUT2D eigenvalue weighted by Gasteiger charge is 2.14.